The van der Waals surface area contributed by atoms with E-state index in [2.05, 4.69) is 0 Å². The molecular weight excluding hydrogens is 420 g/mol. The van der Waals surface area contributed by atoms with Gasteiger partial charge in [-0.2, -0.15) is 0 Å². The minimum atomic E-state index is -1.65. The first-order valence-corrected chi connectivity index (χ1v) is 9.63. The number of cyclic esters (lactones) is 1. The molecule has 2 aromatic carbocycles. The zero-order valence-electron chi connectivity index (χ0n) is 18.0. The minimum Gasteiger partial charge on any atom is -0.496 e. The van der Waals surface area contributed by atoms with Crippen LogP contribution in [0, 0.1) is 13.8 Å². The fourth-order valence-electron chi connectivity index (χ4n) is 3.86. The van der Waals surface area contributed by atoms with Crippen LogP contribution in [-0.2, 0) is 9.53 Å². The van der Waals surface area contributed by atoms with Crippen molar-refractivity contribution in [1.29, 1.82) is 0 Å². The Kier molecular flexibility index (Phi) is 5.14. The molecule has 9 nitrogen and oxygen atoms in total. The smallest absolute Gasteiger partial charge is 0.347 e. The number of rotatable bonds is 4. The van der Waals surface area contributed by atoms with E-state index in [9.17, 15) is 19.5 Å². The molecule has 2 heterocycles. The zero-order valence-corrected chi connectivity index (χ0v) is 18.0. The normalized spacial score (nSPS) is 16.4. The van der Waals surface area contributed by atoms with Gasteiger partial charge in [0, 0.05) is 5.56 Å². The highest BCUT2D eigenvalue weighted by Crippen LogP contribution is 2.54. The summed E-state index contributed by atoms with van der Waals surface area (Å²) < 4.78 is 27.6. The van der Waals surface area contributed by atoms with Crippen LogP contribution in [0.1, 0.15) is 56.2 Å². The van der Waals surface area contributed by atoms with E-state index in [1.165, 1.54) is 33.3 Å². The molecule has 0 radical (unpaired) electrons. The fraction of sp³-hybridized carbons (Fsp3) is 0.261. The average molecular weight is 440 g/mol. The number of carbonyl (C=O) groups excluding carboxylic acids is 3. The van der Waals surface area contributed by atoms with Gasteiger partial charge >= 0.3 is 11.9 Å². The van der Waals surface area contributed by atoms with Crippen molar-refractivity contribution in [2.45, 2.75) is 27.1 Å². The molecular formula is C23H20O9. The van der Waals surface area contributed by atoms with E-state index >= 15 is 0 Å². The van der Waals surface area contributed by atoms with Crippen LogP contribution >= 0.6 is 0 Å². The summed E-state index contributed by atoms with van der Waals surface area (Å²) in [7, 11) is 2.79. The van der Waals surface area contributed by atoms with Crippen LogP contribution in [0.4, 0.5) is 0 Å². The van der Waals surface area contributed by atoms with Gasteiger partial charge in [-0.05, 0) is 44.6 Å². The topological polar surface area (TPSA) is 118 Å². The van der Waals surface area contributed by atoms with Gasteiger partial charge in [0.25, 0.3) is 0 Å². The van der Waals surface area contributed by atoms with Crippen molar-refractivity contribution in [2.24, 2.45) is 0 Å². The van der Waals surface area contributed by atoms with Gasteiger partial charge < -0.3 is 28.8 Å². The number of esters is 2. The Balaban J connectivity index is 2.08. The second kappa shape index (κ2) is 7.69. The molecule has 166 valence electrons. The summed E-state index contributed by atoms with van der Waals surface area (Å²) in [5.41, 5.74) is 1.21. The number of hydrogen-bond donors (Lipinski definition) is 1. The maximum Gasteiger partial charge on any atom is 0.347 e. The molecule has 1 atom stereocenters. The highest BCUT2D eigenvalue weighted by atomic mass is 16.6. The number of methoxy groups -OCH3 is 2. The Hall–Kier alpha value is -3.85. The van der Waals surface area contributed by atoms with E-state index in [-0.39, 0.29) is 45.5 Å². The Morgan fingerprint density at radius 1 is 1.03 bits per heavy atom. The predicted octanol–water partition coefficient (Wildman–Crippen LogP) is 3.41. The number of ether oxygens (including phenoxy) is 5. The highest BCUT2D eigenvalue weighted by Gasteiger charge is 2.43. The van der Waals surface area contributed by atoms with E-state index in [1.54, 1.807) is 19.9 Å². The molecule has 0 unspecified atom stereocenters. The molecule has 1 N–H and O–H groups in total. The summed E-state index contributed by atoms with van der Waals surface area (Å²) in [6, 6.07) is 1.62. The van der Waals surface area contributed by atoms with Gasteiger partial charge in [0.2, 0.25) is 6.29 Å². The van der Waals surface area contributed by atoms with Gasteiger partial charge in [-0.3, -0.25) is 4.79 Å². The third kappa shape index (κ3) is 3.09. The lowest BCUT2D eigenvalue weighted by Gasteiger charge is -2.18. The Bertz CT molecular complexity index is 1220. The second-order valence-electron chi connectivity index (χ2n) is 7.31. The van der Waals surface area contributed by atoms with Crippen molar-refractivity contribution in [1.82, 2.24) is 0 Å². The summed E-state index contributed by atoms with van der Waals surface area (Å²) in [5, 5.41) is 10.4. The molecule has 0 amide bonds. The van der Waals surface area contributed by atoms with E-state index in [0.29, 0.717) is 22.4 Å². The van der Waals surface area contributed by atoms with E-state index < -0.39 is 18.2 Å². The van der Waals surface area contributed by atoms with E-state index in [4.69, 9.17) is 23.7 Å². The number of allylic oxidation sites excluding steroid dienone is 1. The van der Waals surface area contributed by atoms with Gasteiger partial charge in [0.05, 0.1) is 25.3 Å². The molecule has 4 rings (SSSR count). The van der Waals surface area contributed by atoms with Crippen LogP contribution in [0.3, 0.4) is 0 Å². The molecule has 0 fully saturated rings. The lowest BCUT2D eigenvalue weighted by atomic mass is 10.0. The monoisotopic (exact) mass is 440 g/mol. The Labute approximate surface area is 183 Å². The largest absolute Gasteiger partial charge is 0.496 e. The molecule has 0 saturated carbocycles. The van der Waals surface area contributed by atoms with Gasteiger partial charge in [0.1, 0.15) is 22.6 Å². The number of fused-ring (bicyclic) bond motifs is 4. The molecule has 0 saturated heterocycles. The summed E-state index contributed by atoms with van der Waals surface area (Å²) in [6.45, 7) is 4.65. The molecule has 2 aromatic rings. The van der Waals surface area contributed by atoms with Crippen molar-refractivity contribution in [3.05, 3.63) is 45.5 Å². The first kappa shape index (κ1) is 21.4. The number of aryl methyl sites for hydroxylation is 1. The Morgan fingerprint density at radius 2 is 1.75 bits per heavy atom. The van der Waals surface area contributed by atoms with Crippen molar-refractivity contribution in [2.75, 3.05) is 14.2 Å². The SMILES string of the molecule is COc1cc(C)c2c(c1C=CC(C)=O)Oc1c(c(C)c(OC)c3c1[C@H](O)OC3=O)OC2=O. The van der Waals surface area contributed by atoms with Gasteiger partial charge in [-0.25, -0.2) is 9.59 Å². The van der Waals surface area contributed by atoms with Crippen LogP contribution in [0.25, 0.3) is 6.08 Å². The lowest BCUT2D eigenvalue weighted by molar-refractivity contribution is -0.112. The van der Waals surface area contributed by atoms with Crippen LogP contribution in [-0.4, -0.2) is 37.0 Å². The summed E-state index contributed by atoms with van der Waals surface area (Å²) >= 11 is 0. The van der Waals surface area contributed by atoms with E-state index in [0.717, 1.165) is 0 Å². The molecule has 9 heteroatoms. The van der Waals surface area contributed by atoms with Gasteiger partial charge in [0.15, 0.2) is 23.0 Å². The third-order valence-electron chi connectivity index (χ3n) is 5.29. The average Bonchev–Trinajstić information content (AvgIpc) is 2.92. The van der Waals surface area contributed by atoms with Crippen LogP contribution in [0.2, 0.25) is 0 Å². The number of hydrogen-bond acceptors (Lipinski definition) is 9. The standard InChI is InChI=1S/C23H20O9/c1-9-8-13(28-4)12(7-6-10(2)24)19-14(9)21(25)31-18-11(3)17(29-5)15-16(20(18)30-19)23(27)32-22(15)26/h6-8,23,27H,1-5H3/t23-/m1/s1. The second-order valence-corrected chi connectivity index (χ2v) is 7.31. The minimum absolute atomic E-state index is 0.0148. The van der Waals surface area contributed by atoms with Crippen molar-refractivity contribution in [3.63, 3.8) is 0 Å². The number of aliphatic hydroxyl groups is 1. The maximum atomic E-state index is 13.1. The first-order valence-electron chi connectivity index (χ1n) is 9.63. The molecule has 0 aliphatic carbocycles. The molecule has 32 heavy (non-hydrogen) atoms. The quantitative estimate of drug-likeness (QED) is 0.433. The van der Waals surface area contributed by atoms with Crippen LogP contribution in [0.5, 0.6) is 28.7 Å². The Morgan fingerprint density at radius 3 is 2.38 bits per heavy atom. The number of carbonyl (C=O) groups is 3. The summed E-state index contributed by atoms with van der Waals surface area (Å²) in [6.07, 6.45) is 1.12. The highest BCUT2D eigenvalue weighted by molar-refractivity contribution is 6.03. The maximum absolute atomic E-state index is 13.1. The summed E-state index contributed by atoms with van der Waals surface area (Å²) in [5.74, 6) is -1.31. The summed E-state index contributed by atoms with van der Waals surface area (Å²) in [4.78, 5) is 37.1. The molecule has 0 spiro atoms. The molecule has 0 bridgehead atoms. The van der Waals surface area contributed by atoms with Crippen molar-refractivity contribution >= 4 is 23.8 Å². The fourth-order valence-corrected chi connectivity index (χ4v) is 3.86. The predicted molar refractivity (Wildman–Crippen MR) is 111 cm³/mol. The van der Waals surface area contributed by atoms with E-state index in [1.807, 2.05) is 0 Å². The first-order chi connectivity index (χ1) is 15.2. The molecule has 2 aliphatic rings. The van der Waals surface area contributed by atoms with Gasteiger partial charge in [-0.15, -0.1) is 0 Å². The number of aliphatic hydroxyl groups excluding tert-OH is 1. The van der Waals surface area contributed by atoms with Crippen molar-refractivity contribution in [3.8, 4) is 28.7 Å². The van der Waals surface area contributed by atoms with Crippen LogP contribution in [0.15, 0.2) is 12.1 Å². The van der Waals surface area contributed by atoms with Gasteiger partial charge in [-0.1, -0.05) is 0 Å². The molecule has 0 aromatic heterocycles. The molecule has 2 aliphatic heterocycles. The van der Waals surface area contributed by atoms with Crippen molar-refractivity contribution < 1.29 is 43.2 Å². The van der Waals surface area contributed by atoms with Crippen LogP contribution < -0.4 is 18.9 Å². The zero-order chi connectivity index (χ0) is 23.3. The third-order valence-corrected chi connectivity index (χ3v) is 5.29. The number of ketones is 1. The lowest BCUT2D eigenvalue weighted by Crippen LogP contribution is -2.11. The number of benzene rings is 2.